The number of sulfonamides is 2. The third-order valence-corrected chi connectivity index (χ3v) is 8.49. The SMILES string of the molecule is NS(=O)(=O)c1sc(CCN2CCOCC2)c(Br)c1S(N)(=O)=O. The standard InChI is InChI=1S/C10H16BrN3O5S3/c11-8-7(1-2-14-3-5-19-6-4-14)20-10(22(13,17)18)9(8)21(12,15)16/h1-6H2,(H2,12,15,16)(H2,13,17,18). The van der Waals surface area contributed by atoms with Gasteiger partial charge in [0.25, 0.3) is 0 Å². The molecule has 0 amide bonds. The van der Waals surface area contributed by atoms with Crippen LogP contribution in [0, 0.1) is 0 Å². The van der Waals surface area contributed by atoms with Gasteiger partial charge in [-0.15, -0.1) is 11.3 Å². The molecule has 1 fully saturated rings. The van der Waals surface area contributed by atoms with Gasteiger partial charge in [-0.05, 0) is 22.4 Å². The molecule has 126 valence electrons. The highest BCUT2D eigenvalue weighted by Gasteiger charge is 2.30. The maximum atomic E-state index is 11.6. The first-order chi connectivity index (χ1) is 10.1. The Labute approximate surface area is 141 Å². The quantitative estimate of drug-likeness (QED) is 0.653. The zero-order chi connectivity index (χ0) is 16.5. The molecule has 1 aromatic heterocycles. The Morgan fingerprint density at radius 2 is 1.73 bits per heavy atom. The molecular formula is C10H16BrN3O5S3. The van der Waals surface area contributed by atoms with Crippen molar-refractivity contribution in [1.82, 2.24) is 4.90 Å². The number of ether oxygens (including phenoxy) is 1. The normalized spacial score (nSPS) is 17.8. The van der Waals surface area contributed by atoms with Gasteiger partial charge in [0, 0.05) is 24.5 Å². The smallest absolute Gasteiger partial charge is 0.248 e. The number of morpholine rings is 1. The van der Waals surface area contributed by atoms with Gasteiger partial charge in [-0.1, -0.05) is 0 Å². The van der Waals surface area contributed by atoms with Crippen LogP contribution in [-0.2, 0) is 31.2 Å². The molecule has 8 nitrogen and oxygen atoms in total. The van der Waals surface area contributed by atoms with E-state index in [-0.39, 0.29) is 4.47 Å². The number of thiophene rings is 1. The summed E-state index contributed by atoms with van der Waals surface area (Å²) in [5.74, 6) is 0. The summed E-state index contributed by atoms with van der Waals surface area (Å²) in [6.45, 7) is 3.53. The van der Waals surface area contributed by atoms with E-state index < -0.39 is 29.2 Å². The highest BCUT2D eigenvalue weighted by atomic mass is 79.9. The Balaban J connectivity index is 2.31. The first-order valence-electron chi connectivity index (χ1n) is 6.27. The summed E-state index contributed by atoms with van der Waals surface area (Å²) in [6.07, 6.45) is 0.489. The number of halogens is 1. The van der Waals surface area contributed by atoms with E-state index in [4.69, 9.17) is 15.0 Å². The molecule has 0 aliphatic carbocycles. The molecule has 1 aliphatic heterocycles. The van der Waals surface area contributed by atoms with Crippen molar-refractivity contribution in [2.75, 3.05) is 32.8 Å². The summed E-state index contributed by atoms with van der Waals surface area (Å²) in [4.78, 5) is 2.28. The van der Waals surface area contributed by atoms with Crippen LogP contribution in [0.25, 0.3) is 0 Å². The third-order valence-electron chi connectivity index (χ3n) is 3.15. The van der Waals surface area contributed by atoms with Crippen molar-refractivity contribution in [3.63, 3.8) is 0 Å². The molecule has 2 rings (SSSR count). The van der Waals surface area contributed by atoms with Gasteiger partial charge in [0.15, 0.2) is 4.21 Å². The highest BCUT2D eigenvalue weighted by Crippen LogP contribution is 2.38. The van der Waals surface area contributed by atoms with E-state index in [1.165, 1.54) is 0 Å². The molecule has 0 saturated carbocycles. The molecule has 0 spiro atoms. The van der Waals surface area contributed by atoms with E-state index in [0.717, 1.165) is 24.4 Å². The first kappa shape index (κ1) is 18.3. The minimum absolute atomic E-state index is 0.178. The Kier molecular flexibility index (Phi) is 5.65. The number of rotatable bonds is 5. The van der Waals surface area contributed by atoms with Crippen molar-refractivity contribution in [2.45, 2.75) is 15.5 Å². The Hall–Kier alpha value is -0.0800. The van der Waals surface area contributed by atoms with Crippen molar-refractivity contribution >= 4 is 47.3 Å². The number of hydrogen-bond donors (Lipinski definition) is 2. The largest absolute Gasteiger partial charge is 0.379 e. The lowest BCUT2D eigenvalue weighted by atomic mass is 10.3. The zero-order valence-corrected chi connectivity index (χ0v) is 15.5. The second-order valence-corrected chi connectivity index (χ2v) is 9.90. The van der Waals surface area contributed by atoms with Crippen LogP contribution in [0.3, 0.4) is 0 Å². The Morgan fingerprint density at radius 1 is 1.14 bits per heavy atom. The summed E-state index contributed by atoms with van der Waals surface area (Å²) in [5.41, 5.74) is 0. The van der Waals surface area contributed by atoms with Crippen molar-refractivity contribution in [3.05, 3.63) is 9.35 Å². The lowest BCUT2D eigenvalue weighted by molar-refractivity contribution is 0.0385. The van der Waals surface area contributed by atoms with Crippen LogP contribution in [0.2, 0.25) is 0 Å². The van der Waals surface area contributed by atoms with Gasteiger partial charge in [0.05, 0.1) is 17.7 Å². The van der Waals surface area contributed by atoms with Crippen LogP contribution in [0.1, 0.15) is 4.88 Å². The Morgan fingerprint density at radius 3 is 2.18 bits per heavy atom. The van der Waals surface area contributed by atoms with Gasteiger partial charge >= 0.3 is 0 Å². The summed E-state index contributed by atoms with van der Waals surface area (Å²) >= 11 is 3.98. The summed E-state index contributed by atoms with van der Waals surface area (Å²) in [7, 11) is -8.36. The van der Waals surface area contributed by atoms with E-state index in [1.807, 2.05) is 0 Å². The molecule has 0 aromatic carbocycles. The number of nitrogens with two attached hydrogens (primary N) is 2. The van der Waals surface area contributed by atoms with Gasteiger partial charge in [-0.2, -0.15) is 0 Å². The summed E-state index contributed by atoms with van der Waals surface area (Å²) in [5, 5.41) is 10.2. The van der Waals surface area contributed by atoms with Crippen LogP contribution in [0.5, 0.6) is 0 Å². The fourth-order valence-electron chi connectivity index (χ4n) is 2.09. The molecule has 2 heterocycles. The molecular weight excluding hydrogens is 418 g/mol. The molecule has 0 atom stereocenters. The highest BCUT2D eigenvalue weighted by molar-refractivity contribution is 9.10. The maximum Gasteiger partial charge on any atom is 0.248 e. The monoisotopic (exact) mass is 433 g/mol. The minimum Gasteiger partial charge on any atom is -0.379 e. The second-order valence-electron chi connectivity index (χ2n) is 4.75. The fraction of sp³-hybridized carbons (Fsp3) is 0.600. The van der Waals surface area contributed by atoms with Gasteiger partial charge in [-0.3, -0.25) is 4.90 Å². The fourth-order valence-corrected chi connectivity index (χ4v) is 7.44. The van der Waals surface area contributed by atoms with Crippen molar-refractivity contribution in [2.24, 2.45) is 10.3 Å². The number of hydrogen-bond acceptors (Lipinski definition) is 7. The first-order valence-corrected chi connectivity index (χ1v) is 11.0. The second kappa shape index (κ2) is 6.81. The molecule has 0 bridgehead atoms. The lowest BCUT2D eigenvalue weighted by Gasteiger charge is -2.26. The molecule has 1 aliphatic rings. The molecule has 4 N–H and O–H groups in total. The van der Waals surface area contributed by atoms with Gasteiger partial charge in [-0.25, -0.2) is 27.1 Å². The molecule has 0 radical (unpaired) electrons. The van der Waals surface area contributed by atoms with Gasteiger partial charge in [0.1, 0.15) is 4.90 Å². The molecule has 0 unspecified atom stereocenters. The topological polar surface area (TPSA) is 133 Å². The molecule has 22 heavy (non-hydrogen) atoms. The molecule has 12 heteroatoms. The zero-order valence-electron chi connectivity index (χ0n) is 11.5. The van der Waals surface area contributed by atoms with E-state index in [0.29, 0.717) is 31.1 Å². The van der Waals surface area contributed by atoms with E-state index in [9.17, 15) is 16.8 Å². The number of nitrogens with zero attached hydrogens (tertiary/aromatic N) is 1. The van der Waals surface area contributed by atoms with Crippen LogP contribution in [0.4, 0.5) is 0 Å². The lowest BCUT2D eigenvalue weighted by Crippen LogP contribution is -2.37. The van der Waals surface area contributed by atoms with Gasteiger partial charge in [0.2, 0.25) is 20.0 Å². The summed E-state index contributed by atoms with van der Waals surface area (Å²) in [6, 6.07) is 0. The van der Waals surface area contributed by atoms with Crippen molar-refractivity contribution in [3.8, 4) is 0 Å². The van der Waals surface area contributed by atoms with Crippen LogP contribution in [-0.4, -0.2) is 54.6 Å². The van der Waals surface area contributed by atoms with Crippen LogP contribution >= 0.6 is 27.3 Å². The average molecular weight is 434 g/mol. The minimum atomic E-state index is -4.20. The summed E-state index contributed by atoms with van der Waals surface area (Å²) < 4.78 is 51.5. The van der Waals surface area contributed by atoms with E-state index in [2.05, 4.69) is 20.8 Å². The number of primary sulfonamides is 2. The predicted octanol–water partition coefficient (Wildman–Crippen LogP) is -0.320. The molecule has 1 aromatic rings. The third kappa shape index (κ3) is 4.26. The Bertz CT molecular complexity index is 753. The van der Waals surface area contributed by atoms with Crippen LogP contribution < -0.4 is 10.3 Å². The van der Waals surface area contributed by atoms with E-state index in [1.54, 1.807) is 0 Å². The predicted molar refractivity (Wildman–Crippen MR) is 85.7 cm³/mol. The molecule has 1 saturated heterocycles. The van der Waals surface area contributed by atoms with Crippen LogP contribution in [0.15, 0.2) is 13.6 Å². The van der Waals surface area contributed by atoms with Gasteiger partial charge < -0.3 is 4.74 Å². The van der Waals surface area contributed by atoms with E-state index >= 15 is 0 Å². The van der Waals surface area contributed by atoms with Crippen molar-refractivity contribution < 1.29 is 21.6 Å². The van der Waals surface area contributed by atoms with Crippen molar-refractivity contribution in [1.29, 1.82) is 0 Å². The average Bonchev–Trinajstić information content (AvgIpc) is 2.74. The maximum absolute atomic E-state index is 11.6.